The third-order valence-electron chi connectivity index (χ3n) is 5.83. The number of ether oxygens (including phenoxy) is 1. The highest BCUT2D eigenvalue weighted by atomic mass is 19.4. The van der Waals surface area contributed by atoms with Gasteiger partial charge in [0.05, 0.1) is 30.9 Å². The van der Waals surface area contributed by atoms with Gasteiger partial charge < -0.3 is 9.53 Å². The summed E-state index contributed by atoms with van der Waals surface area (Å²) in [5.74, 6) is 0. The van der Waals surface area contributed by atoms with E-state index in [1.165, 1.54) is 0 Å². The zero-order chi connectivity index (χ0) is 23.4. The molecule has 0 unspecified atom stereocenters. The fourth-order valence-corrected chi connectivity index (χ4v) is 4.04. The number of hydrogen-bond acceptors (Lipinski definition) is 3. The molecular formula is C23H23F6NO2. The van der Waals surface area contributed by atoms with Gasteiger partial charge in [-0.25, -0.2) is 0 Å². The van der Waals surface area contributed by atoms with Gasteiger partial charge in [-0.3, -0.25) is 4.90 Å². The van der Waals surface area contributed by atoms with Crippen LogP contribution in [0, 0.1) is 0 Å². The first-order valence-electron chi connectivity index (χ1n) is 10.1. The number of halogens is 6. The molecule has 32 heavy (non-hydrogen) atoms. The largest absolute Gasteiger partial charge is 0.416 e. The summed E-state index contributed by atoms with van der Waals surface area (Å²) in [5.41, 5.74) is -2.34. The van der Waals surface area contributed by atoms with Crippen LogP contribution >= 0.6 is 0 Å². The first-order valence-corrected chi connectivity index (χ1v) is 10.1. The summed E-state index contributed by atoms with van der Waals surface area (Å²) in [6.45, 7) is 1.36. The molecule has 0 bridgehead atoms. The Balaban J connectivity index is 1.78. The van der Waals surface area contributed by atoms with Crippen LogP contribution in [-0.2, 0) is 33.9 Å². The number of carbonyl (C=O) groups excluding carboxylic acids is 1. The third-order valence-corrected chi connectivity index (χ3v) is 5.83. The van der Waals surface area contributed by atoms with E-state index in [1.807, 2.05) is 35.2 Å². The Bertz CT molecular complexity index is 871. The molecule has 0 amide bonds. The van der Waals surface area contributed by atoms with Crippen LogP contribution in [0.2, 0.25) is 0 Å². The number of alkyl halides is 6. The number of carbonyl (C=O) groups is 1. The average molecular weight is 459 g/mol. The lowest BCUT2D eigenvalue weighted by molar-refractivity contribution is -0.143. The first kappa shape index (κ1) is 24.3. The number of nitrogens with zero attached hydrogens (tertiary/aromatic N) is 1. The summed E-state index contributed by atoms with van der Waals surface area (Å²) in [6, 6.07) is 11.0. The summed E-state index contributed by atoms with van der Waals surface area (Å²) in [4.78, 5) is 12.8. The maximum Gasteiger partial charge on any atom is 0.416 e. The van der Waals surface area contributed by atoms with Gasteiger partial charge in [0.25, 0.3) is 0 Å². The van der Waals surface area contributed by atoms with Crippen LogP contribution in [0.4, 0.5) is 26.3 Å². The van der Waals surface area contributed by atoms with Crippen LogP contribution in [0.15, 0.2) is 48.5 Å². The van der Waals surface area contributed by atoms with Crippen molar-refractivity contribution in [3.8, 4) is 0 Å². The summed E-state index contributed by atoms with van der Waals surface area (Å²) in [5, 5.41) is 0. The fourth-order valence-electron chi connectivity index (χ4n) is 4.04. The van der Waals surface area contributed by atoms with Crippen molar-refractivity contribution in [3.05, 3.63) is 70.8 Å². The molecule has 2 aromatic carbocycles. The van der Waals surface area contributed by atoms with Crippen molar-refractivity contribution < 1.29 is 35.9 Å². The normalized spacial score (nSPS) is 17.3. The third kappa shape index (κ3) is 5.89. The lowest BCUT2D eigenvalue weighted by atomic mass is 9.73. The maximum absolute atomic E-state index is 13.1. The van der Waals surface area contributed by atoms with Crippen molar-refractivity contribution in [2.45, 2.75) is 37.2 Å². The van der Waals surface area contributed by atoms with Crippen molar-refractivity contribution in [3.63, 3.8) is 0 Å². The Morgan fingerprint density at radius 3 is 1.97 bits per heavy atom. The lowest BCUT2D eigenvalue weighted by Crippen LogP contribution is -2.45. The Morgan fingerprint density at radius 2 is 1.47 bits per heavy atom. The molecule has 0 radical (unpaired) electrons. The standard InChI is InChI=1S/C23H23F6NO2/c24-22(25,26)19-12-17(13-20(14-19)23(27,28)29)15-32-16-21(18-4-2-1-3-5-18)6-8-30(9-7-21)10-11-31/h1-5,11-14H,6-10,15-16H2. The van der Waals surface area contributed by atoms with Gasteiger partial charge in [-0.05, 0) is 55.3 Å². The molecular weight excluding hydrogens is 436 g/mol. The predicted octanol–water partition coefficient (Wildman–Crippen LogP) is 5.47. The topological polar surface area (TPSA) is 29.5 Å². The van der Waals surface area contributed by atoms with Crippen LogP contribution in [0.1, 0.15) is 35.1 Å². The predicted molar refractivity (Wildman–Crippen MR) is 106 cm³/mol. The van der Waals surface area contributed by atoms with Crippen molar-refractivity contribution in [2.24, 2.45) is 0 Å². The molecule has 3 rings (SSSR count). The van der Waals surface area contributed by atoms with Crippen molar-refractivity contribution in [1.29, 1.82) is 0 Å². The van der Waals surface area contributed by atoms with Crippen molar-refractivity contribution in [2.75, 3.05) is 26.2 Å². The van der Waals surface area contributed by atoms with E-state index in [4.69, 9.17) is 4.74 Å². The minimum absolute atomic E-state index is 0.109. The minimum Gasteiger partial charge on any atom is -0.376 e. The van der Waals surface area contributed by atoms with E-state index in [0.29, 0.717) is 44.6 Å². The smallest absolute Gasteiger partial charge is 0.376 e. The highest BCUT2D eigenvalue weighted by Gasteiger charge is 2.38. The molecule has 1 aliphatic heterocycles. The van der Waals surface area contributed by atoms with Crippen molar-refractivity contribution >= 4 is 6.29 Å². The van der Waals surface area contributed by atoms with Gasteiger partial charge in [-0.1, -0.05) is 30.3 Å². The van der Waals surface area contributed by atoms with E-state index in [1.54, 1.807) is 0 Å². The Morgan fingerprint density at radius 1 is 0.906 bits per heavy atom. The minimum atomic E-state index is -4.90. The number of aldehydes is 1. The molecule has 1 aliphatic rings. The molecule has 9 heteroatoms. The monoisotopic (exact) mass is 459 g/mol. The van der Waals surface area contributed by atoms with Gasteiger partial charge in [-0.2, -0.15) is 26.3 Å². The molecule has 1 fully saturated rings. The quantitative estimate of drug-likeness (QED) is 0.406. The Labute approximate surface area is 182 Å². The maximum atomic E-state index is 13.1. The van der Waals surface area contributed by atoms with Gasteiger partial charge in [0.2, 0.25) is 0 Å². The second-order valence-corrected chi connectivity index (χ2v) is 8.02. The SMILES string of the molecule is O=CCN1CCC(COCc2cc(C(F)(F)F)cc(C(F)(F)F)c2)(c2ccccc2)CC1. The van der Waals surface area contributed by atoms with Crippen LogP contribution < -0.4 is 0 Å². The van der Waals surface area contributed by atoms with Crippen LogP contribution in [0.5, 0.6) is 0 Å². The number of likely N-dealkylation sites (tertiary alicyclic amines) is 1. The van der Waals surface area contributed by atoms with E-state index in [2.05, 4.69) is 0 Å². The van der Waals surface area contributed by atoms with Gasteiger partial charge in [0, 0.05) is 5.41 Å². The van der Waals surface area contributed by atoms with E-state index in [-0.39, 0.29) is 24.8 Å². The highest BCUT2D eigenvalue weighted by Crippen LogP contribution is 2.38. The van der Waals surface area contributed by atoms with E-state index in [0.717, 1.165) is 11.8 Å². The molecule has 2 aromatic rings. The average Bonchev–Trinajstić information content (AvgIpc) is 2.74. The number of hydrogen-bond donors (Lipinski definition) is 0. The molecule has 0 aromatic heterocycles. The van der Waals surface area contributed by atoms with Gasteiger partial charge in [-0.15, -0.1) is 0 Å². The summed E-state index contributed by atoms with van der Waals surface area (Å²) in [6.07, 6.45) is -7.65. The number of rotatable bonds is 7. The summed E-state index contributed by atoms with van der Waals surface area (Å²) < 4.78 is 84.3. The Hall–Kier alpha value is -2.39. The van der Waals surface area contributed by atoms with Crippen LogP contribution in [0.3, 0.4) is 0 Å². The van der Waals surface area contributed by atoms with Gasteiger partial charge in [0.15, 0.2) is 0 Å². The highest BCUT2D eigenvalue weighted by molar-refractivity contribution is 5.52. The zero-order valence-corrected chi connectivity index (χ0v) is 17.2. The van der Waals surface area contributed by atoms with E-state index in [9.17, 15) is 31.1 Å². The molecule has 1 saturated heterocycles. The van der Waals surface area contributed by atoms with Gasteiger partial charge >= 0.3 is 12.4 Å². The molecule has 174 valence electrons. The van der Waals surface area contributed by atoms with E-state index < -0.39 is 28.9 Å². The molecule has 3 nitrogen and oxygen atoms in total. The van der Waals surface area contributed by atoms with Crippen molar-refractivity contribution in [1.82, 2.24) is 4.90 Å². The molecule has 0 aliphatic carbocycles. The molecule has 1 heterocycles. The lowest BCUT2D eigenvalue weighted by Gasteiger charge is -2.41. The Kier molecular flexibility index (Phi) is 7.29. The summed E-state index contributed by atoms with van der Waals surface area (Å²) >= 11 is 0. The second kappa shape index (κ2) is 9.62. The summed E-state index contributed by atoms with van der Waals surface area (Å²) in [7, 11) is 0. The second-order valence-electron chi connectivity index (χ2n) is 8.02. The van der Waals surface area contributed by atoms with E-state index >= 15 is 0 Å². The zero-order valence-electron chi connectivity index (χ0n) is 17.2. The number of benzene rings is 2. The van der Waals surface area contributed by atoms with Crippen LogP contribution in [-0.4, -0.2) is 37.4 Å². The first-order chi connectivity index (χ1) is 15.0. The fraction of sp³-hybridized carbons (Fsp3) is 0.435. The molecule has 0 saturated carbocycles. The number of piperidine rings is 1. The van der Waals surface area contributed by atoms with Crippen LogP contribution in [0.25, 0.3) is 0 Å². The molecule has 0 atom stereocenters. The molecule has 0 N–H and O–H groups in total. The molecule has 0 spiro atoms. The van der Waals surface area contributed by atoms with Gasteiger partial charge in [0.1, 0.15) is 6.29 Å².